The minimum absolute atomic E-state index is 0.0107. The first-order chi connectivity index (χ1) is 5.94. The Hall–Kier alpha value is -0.170. The molecule has 1 fully saturated rings. The average Bonchev–Trinajstić information content (AvgIpc) is 2.04. The first kappa shape index (κ1) is 10.9. The van der Waals surface area contributed by atoms with Crippen LogP contribution in [0.4, 0.5) is 0 Å². The van der Waals surface area contributed by atoms with E-state index in [-0.39, 0.29) is 6.10 Å². The molecule has 5 nitrogen and oxygen atoms in total. The molecule has 0 spiro atoms. The van der Waals surface area contributed by atoms with Crippen molar-refractivity contribution in [3.8, 4) is 0 Å². The molecule has 0 aromatic heterocycles. The molecule has 0 N–H and O–H groups in total. The Balaban J connectivity index is 2.71. The smallest absolute Gasteiger partial charge is 0.281 e. The van der Waals surface area contributed by atoms with Crippen LogP contribution in [0.5, 0.6) is 0 Å². The van der Waals surface area contributed by atoms with Crippen LogP contribution in [0.2, 0.25) is 0 Å². The van der Waals surface area contributed by atoms with Gasteiger partial charge in [-0.05, 0) is 6.92 Å². The second-order valence-corrected chi connectivity index (χ2v) is 5.47. The van der Waals surface area contributed by atoms with Crippen molar-refractivity contribution in [1.82, 2.24) is 8.61 Å². The molecule has 0 aliphatic carbocycles. The molecule has 6 heteroatoms. The van der Waals surface area contributed by atoms with E-state index in [4.69, 9.17) is 4.74 Å². The van der Waals surface area contributed by atoms with Gasteiger partial charge in [-0.25, -0.2) is 0 Å². The number of nitrogens with zero attached hydrogens (tertiary/aromatic N) is 2. The van der Waals surface area contributed by atoms with Gasteiger partial charge >= 0.3 is 0 Å². The van der Waals surface area contributed by atoms with Crippen LogP contribution in [0.3, 0.4) is 0 Å². The fourth-order valence-electron chi connectivity index (χ4n) is 1.23. The molecule has 1 saturated heterocycles. The molecule has 78 valence electrons. The van der Waals surface area contributed by atoms with Crippen LogP contribution in [0.15, 0.2) is 0 Å². The largest absolute Gasteiger partial charge is 0.376 e. The van der Waals surface area contributed by atoms with E-state index >= 15 is 0 Å². The molecule has 13 heavy (non-hydrogen) atoms. The van der Waals surface area contributed by atoms with E-state index in [1.165, 1.54) is 22.7 Å². The monoisotopic (exact) mass is 208 g/mol. The van der Waals surface area contributed by atoms with Gasteiger partial charge in [0, 0.05) is 27.2 Å². The number of hydrogen-bond donors (Lipinski definition) is 0. The summed E-state index contributed by atoms with van der Waals surface area (Å²) in [6.07, 6.45) is -0.0107. The molecular weight excluding hydrogens is 192 g/mol. The molecule has 1 heterocycles. The lowest BCUT2D eigenvalue weighted by atomic mass is 10.3. The van der Waals surface area contributed by atoms with Crippen LogP contribution in [0, 0.1) is 0 Å². The van der Waals surface area contributed by atoms with Crippen LogP contribution in [0.1, 0.15) is 6.92 Å². The van der Waals surface area contributed by atoms with Crippen LogP contribution in [-0.2, 0) is 14.9 Å². The van der Waals surface area contributed by atoms with Gasteiger partial charge in [-0.1, -0.05) is 0 Å². The Morgan fingerprint density at radius 1 is 1.46 bits per heavy atom. The standard InChI is InChI=1S/C7H16N2O3S/c1-7-6-9(4-5-12-7)13(10,11)8(2)3/h7H,4-6H2,1-3H3/t7-/m1/s1. The van der Waals surface area contributed by atoms with Crippen molar-refractivity contribution in [3.05, 3.63) is 0 Å². The predicted octanol–water partition coefficient (Wildman–Crippen LogP) is -0.486. The highest BCUT2D eigenvalue weighted by Gasteiger charge is 2.28. The van der Waals surface area contributed by atoms with E-state index in [1.54, 1.807) is 0 Å². The zero-order valence-corrected chi connectivity index (χ0v) is 9.04. The lowest BCUT2D eigenvalue weighted by Gasteiger charge is -2.31. The molecule has 1 atom stereocenters. The molecule has 0 unspecified atom stereocenters. The highest BCUT2D eigenvalue weighted by atomic mass is 32.2. The van der Waals surface area contributed by atoms with Crippen LogP contribution >= 0.6 is 0 Å². The lowest BCUT2D eigenvalue weighted by molar-refractivity contribution is 0.00877. The van der Waals surface area contributed by atoms with Gasteiger partial charge in [0.25, 0.3) is 10.2 Å². The summed E-state index contributed by atoms with van der Waals surface area (Å²) in [5.74, 6) is 0. The number of hydrogen-bond acceptors (Lipinski definition) is 3. The predicted molar refractivity (Wildman–Crippen MR) is 49.6 cm³/mol. The molecule has 0 aromatic carbocycles. The van der Waals surface area contributed by atoms with Gasteiger partial charge in [0.05, 0.1) is 12.7 Å². The van der Waals surface area contributed by atoms with Crippen LogP contribution < -0.4 is 0 Å². The summed E-state index contributed by atoms with van der Waals surface area (Å²) in [6.45, 7) is 3.25. The minimum atomic E-state index is -3.25. The third-order valence-electron chi connectivity index (χ3n) is 1.99. The Morgan fingerprint density at radius 2 is 2.08 bits per heavy atom. The number of rotatable bonds is 2. The van der Waals surface area contributed by atoms with Crippen molar-refractivity contribution < 1.29 is 13.2 Å². The summed E-state index contributed by atoms with van der Waals surface area (Å²) in [7, 11) is -0.172. The molecule has 1 aliphatic rings. The van der Waals surface area contributed by atoms with E-state index in [1.807, 2.05) is 6.92 Å². The molecule has 1 aliphatic heterocycles. The summed E-state index contributed by atoms with van der Waals surface area (Å²) in [4.78, 5) is 0. The highest BCUT2D eigenvalue weighted by Crippen LogP contribution is 2.10. The Morgan fingerprint density at radius 3 is 2.54 bits per heavy atom. The van der Waals surface area contributed by atoms with Gasteiger partial charge < -0.3 is 4.74 Å². The summed E-state index contributed by atoms with van der Waals surface area (Å²) < 4.78 is 31.2. The summed E-state index contributed by atoms with van der Waals surface area (Å²) in [5.41, 5.74) is 0. The van der Waals surface area contributed by atoms with E-state index in [0.29, 0.717) is 19.7 Å². The molecule has 1 rings (SSSR count). The van der Waals surface area contributed by atoms with Crippen molar-refractivity contribution >= 4 is 10.2 Å². The number of morpholine rings is 1. The second kappa shape index (κ2) is 3.91. The van der Waals surface area contributed by atoms with Crippen molar-refractivity contribution in [2.75, 3.05) is 33.8 Å². The average molecular weight is 208 g/mol. The molecular formula is C7H16N2O3S. The first-order valence-corrected chi connectivity index (χ1v) is 5.63. The molecule has 0 radical (unpaired) electrons. The third-order valence-corrected chi connectivity index (χ3v) is 3.90. The van der Waals surface area contributed by atoms with Gasteiger partial charge in [-0.15, -0.1) is 0 Å². The van der Waals surface area contributed by atoms with Gasteiger partial charge in [0.15, 0.2) is 0 Å². The van der Waals surface area contributed by atoms with Crippen molar-refractivity contribution in [3.63, 3.8) is 0 Å². The quantitative estimate of drug-likeness (QED) is 0.615. The fraction of sp³-hybridized carbons (Fsp3) is 1.00. The zero-order chi connectivity index (χ0) is 10.1. The SMILES string of the molecule is C[C@@H]1CN(S(=O)(=O)N(C)C)CCO1. The molecule has 0 aromatic rings. The minimum Gasteiger partial charge on any atom is -0.376 e. The topological polar surface area (TPSA) is 49.9 Å². The van der Waals surface area contributed by atoms with E-state index in [0.717, 1.165) is 0 Å². The van der Waals surface area contributed by atoms with Crippen molar-refractivity contribution in [2.24, 2.45) is 0 Å². The lowest BCUT2D eigenvalue weighted by Crippen LogP contribution is -2.48. The fourth-order valence-corrected chi connectivity index (χ4v) is 2.39. The Bertz CT molecular complexity index is 263. The van der Waals surface area contributed by atoms with Gasteiger partial charge in [0.1, 0.15) is 0 Å². The molecule has 0 bridgehead atoms. The summed E-state index contributed by atoms with van der Waals surface area (Å²) in [5, 5.41) is 0. The van der Waals surface area contributed by atoms with Crippen molar-refractivity contribution in [1.29, 1.82) is 0 Å². The van der Waals surface area contributed by atoms with Crippen LogP contribution in [-0.4, -0.2) is 56.9 Å². The number of ether oxygens (including phenoxy) is 1. The van der Waals surface area contributed by atoms with Crippen molar-refractivity contribution in [2.45, 2.75) is 13.0 Å². The highest BCUT2D eigenvalue weighted by molar-refractivity contribution is 7.86. The van der Waals surface area contributed by atoms with E-state index in [9.17, 15) is 8.42 Å². The maximum absolute atomic E-state index is 11.6. The maximum Gasteiger partial charge on any atom is 0.281 e. The zero-order valence-electron chi connectivity index (χ0n) is 8.23. The van der Waals surface area contributed by atoms with Gasteiger partial charge in [-0.2, -0.15) is 17.0 Å². The molecule has 0 amide bonds. The maximum atomic E-state index is 11.6. The van der Waals surface area contributed by atoms with E-state index < -0.39 is 10.2 Å². The van der Waals surface area contributed by atoms with E-state index in [2.05, 4.69) is 0 Å². The molecule has 0 saturated carbocycles. The first-order valence-electron chi connectivity index (χ1n) is 4.24. The Labute approximate surface area is 79.5 Å². The third kappa shape index (κ3) is 2.40. The summed E-state index contributed by atoms with van der Waals surface area (Å²) in [6, 6.07) is 0. The van der Waals surface area contributed by atoms with Gasteiger partial charge in [-0.3, -0.25) is 0 Å². The normalized spacial score (nSPS) is 26.6. The van der Waals surface area contributed by atoms with Crippen LogP contribution in [0.25, 0.3) is 0 Å². The van der Waals surface area contributed by atoms with Gasteiger partial charge in [0.2, 0.25) is 0 Å². The summed E-state index contributed by atoms with van der Waals surface area (Å²) >= 11 is 0. The second-order valence-electron chi connectivity index (χ2n) is 3.33. The Kier molecular flexibility index (Phi) is 3.28.